The molecule has 1 aliphatic rings. The van der Waals surface area contributed by atoms with Gasteiger partial charge in [0.1, 0.15) is 11.7 Å². The Hall–Kier alpha value is -1.82. The van der Waals surface area contributed by atoms with Gasteiger partial charge in [0.15, 0.2) is 5.78 Å². The van der Waals surface area contributed by atoms with Crippen molar-refractivity contribution in [3.05, 3.63) is 23.8 Å². The summed E-state index contributed by atoms with van der Waals surface area (Å²) in [6, 6.07) is 4.94. The molecule has 0 radical (unpaired) electrons. The number of benzene rings is 1. The summed E-state index contributed by atoms with van der Waals surface area (Å²) in [5, 5.41) is 8.67. The number of hydrogen-bond donors (Lipinski definition) is 1. The smallest absolute Gasteiger partial charge is 0.372 e. The van der Waals surface area contributed by atoms with Crippen LogP contribution in [0, 0.1) is 5.92 Å². The van der Waals surface area contributed by atoms with Crippen molar-refractivity contribution < 1.29 is 24.2 Å². The van der Waals surface area contributed by atoms with E-state index in [0.717, 1.165) is 0 Å². The van der Waals surface area contributed by atoms with Gasteiger partial charge >= 0.3 is 5.97 Å². The minimum atomic E-state index is -1.57. The second kappa shape index (κ2) is 4.81. The van der Waals surface area contributed by atoms with E-state index < -0.39 is 23.5 Å². The third-order valence-electron chi connectivity index (χ3n) is 2.70. The quantitative estimate of drug-likeness (QED) is 0.655. The van der Waals surface area contributed by atoms with E-state index in [9.17, 15) is 14.4 Å². The van der Waals surface area contributed by atoms with Gasteiger partial charge < -0.3 is 9.84 Å². The molecular formula is C12H10O5S. The topological polar surface area (TPSA) is 80.7 Å². The lowest BCUT2D eigenvalue weighted by atomic mass is 9.94. The highest BCUT2D eigenvalue weighted by Gasteiger charge is 2.37. The standard InChI is InChI=1S/C12H10O5S/c1-17-8-4-2-3-6-9(13)7(5-18-11(6)8)10(14)12(15)16/h2-4,7H,5H2,1H3,(H,15,16). The number of rotatable bonds is 3. The molecule has 0 spiro atoms. The molecule has 18 heavy (non-hydrogen) atoms. The van der Waals surface area contributed by atoms with Crippen LogP contribution in [0.25, 0.3) is 0 Å². The fourth-order valence-electron chi connectivity index (χ4n) is 1.79. The van der Waals surface area contributed by atoms with E-state index in [1.54, 1.807) is 18.2 Å². The number of carboxylic acids is 1. The Morgan fingerprint density at radius 1 is 1.44 bits per heavy atom. The summed E-state index contributed by atoms with van der Waals surface area (Å²) in [5.74, 6) is -3.48. The van der Waals surface area contributed by atoms with Crippen LogP contribution in [0.2, 0.25) is 0 Å². The molecule has 1 heterocycles. The largest absolute Gasteiger partial charge is 0.496 e. The van der Waals surface area contributed by atoms with Crippen LogP contribution >= 0.6 is 11.8 Å². The van der Waals surface area contributed by atoms with Crippen molar-refractivity contribution in [3.63, 3.8) is 0 Å². The highest BCUT2D eigenvalue weighted by molar-refractivity contribution is 7.99. The molecule has 2 rings (SSSR count). The number of Topliss-reactive ketones (excluding diaryl/α,β-unsaturated/α-hetero) is 2. The number of methoxy groups -OCH3 is 1. The van der Waals surface area contributed by atoms with Gasteiger partial charge in [0.25, 0.3) is 5.78 Å². The minimum absolute atomic E-state index is 0.136. The molecule has 6 heteroatoms. The van der Waals surface area contributed by atoms with E-state index in [1.807, 2.05) is 0 Å². The van der Waals surface area contributed by atoms with Gasteiger partial charge in [-0.05, 0) is 12.1 Å². The highest BCUT2D eigenvalue weighted by Crippen LogP contribution is 2.39. The van der Waals surface area contributed by atoms with Crippen molar-refractivity contribution in [2.75, 3.05) is 12.9 Å². The first-order valence-electron chi connectivity index (χ1n) is 5.17. The van der Waals surface area contributed by atoms with Crippen LogP contribution in [0.3, 0.4) is 0 Å². The number of aliphatic carboxylic acids is 1. The van der Waals surface area contributed by atoms with E-state index >= 15 is 0 Å². The molecule has 0 saturated heterocycles. The van der Waals surface area contributed by atoms with E-state index in [-0.39, 0.29) is 5.75 Å². The molecule has 1 unspecified atom stereocenters. The molecule has 0 bridgehead atoms. The molecule has 0 aliphatic carbocycles. The summed E-state index contributed by atoms with van der Waals surface area (Å²) in [5.41, 5.74) is 0.352. The van der Waals surface area contributed by atoms with Crippen molar-refractivity contribution in [3.8, 4) is 5.75 Å². The maximum absolute atomic E-state index is 12.1. The Bertz CT molecular complexity index is 537. The van der Waals surface area contributed by atoms with Gasteiger partial charge in [0.2, 0.25) is 0 Å². The normalized spacial score (nSPS) is 18.1. The monoisotopic (exact) mass is 266 g/mol. The molecule has 0 aromatic heterocycles. The van der Waals surface area contributed by atoms with Gasteiger partial charge in [-0.15, -0.1) is 11.8 Å². The van der Waals surface area contributed by atoms with Crippen molar-refractivity contribution in [2.45, 2.75) is 4.90 Å². The number of carboxylic acid groups (broad SMARTS) is 1. The van der Waals surface area contributed by atoms with Gasteiger partial charge in [-0.1, -0.05) is 6.07 Å². The summed E-state index contributed by atoms with van der Waals surface area (Å²) in [6.07, 6.45) is 0. The van der Waals surface area contributed by atoms with Crippen LogP contribution in [0.1, 0.15) is 10.4 Å². The zero-order chi connectivity index (χ0) is 13.3. The van der Waals surface area contributed by atoms with Crippen LogP contribution in [-0.4, -0.2) is 35.5 Å². The second-order valence-electron chi connectivity index (χ2n) is 3.73. The Kier molecular flexibility index (Phi) is 3.38. The molecule has 0 amide bonds. The fraction of sp³-hybridized carbons (Fsp3) is 0.250. The molecule has 1 aromatic carbocycles. The third kappa shape index (κ3) is 1.99. The predicted octanol–water partition coefficient (Wildman–Crippen LogP) is 1.25. The van der Waals surface area contributed by atoms with Crippen LogP contribution in [0.15, 0.2) is 23.1 Å². The van der Waals surface area contributed by atoms with Gasteiger partial charge in [-0.2, -0.15) is 0 Å². The van der Waals surface area contributed by atoms with Crippen molar-refractivity contribution in [2.24, 2.45) is 5.92 Å². The Labute approximate surface area is 107 Å². The van der Waals surface area contributed by atoms with E-state index in [4.69, 9.17) is 9.84 Å². The van der Waals surface area contributed by atoms with Gasteiger partial charge in [0.05, 0.1) is 12.0 Å². The number of carbonyl (C=O) groups excluding carboxylic acids is 2. The zero-order valence-corrected chi connectivity index (χ0v) is 10.3. The first-order valence-corrected chi connectivity index (χ1v) is 6.16. The second-order valence-corrected chi connectivity index (χ2v) is 4.76. The molecule has 1 aliphatic heterocycles. The highest BCUT2D eigenvalue weighted by atomic mass is 32.2. The Balaban J connectivity index is 2.40. The molecule has 1 atom stereocenters. The number of ketones is 2. The summed E-state index contributed by atoms with van der Waals surface area (Å²) in [6.45, 7) is 0. The summed E-state index contributed by atoms with van der Waals surface area (Å²) in [4.78, 5) is 34.8. The molecule has 1 aromatic rings. The van der Waals surface area contributed by atoms with Gasteiger partial charge in [0, 0.05) is 11.3 Å². The van der Waals surface area contributed by atoms with Crippen LogP contribution in [0.5, 0.6) is 5.75 Å². The molecule has 0 fully saturated rings. The van der Waals surface area contributed by atoms with Gasteiger partial charge in [-0.25, -0.2) is 4.79 Å². The molecular weight excluding hydrogens is 256 g/mol. The number of thioether (sulfide) groups is 1. The first-order chi connectivity index (χ1) is 8.56. The lowest BCUT2D eigenvalue weighted by Crippen LogP contribution is -2.34. The Morgan fingerprint density at radius 2 is 2.17 bits per heavy atom. The lowest BCUT2D eigenvalue weighted by Gasteiger charge is -2.22. The maximum atomic E-state index is 12.1. The van der Waals surface area contributed by atoms with E-state index in [2.05, 4.69) is 0 Å². The predicted molar refractivity (Wildman–Crippen MR) is 64.2 cm³/mol. The van der Waals surface area contributed by atoms with Crippen LogP contribution in [0.4, 0.5) is 0 Å². The number of ether oxygens (including phenoxy) is 1. The average molecular weight is 266 g/mol. The average Bonchev–Trinajstić information content (AvgIpc) is 2.38. The van der Waals surface area contributed by atoms with Crippen molar-refractivity contribution in [1.82, 2.24) is 0 Å². The SMILES string of the molecule is COc1cccc2c1SCC(C(=O)C(=O)O)C2=O. The minimum Gasteiger partial charge on any atom is -0.496 e. The van der Waals surface area contributed by atoms with Crippen molar-refractivity contribution >= 4 is 29.3 Å². The van der Waals surface area contributed by atoms with E-state index in [0.29, 0.717) is 16.2 Å². The molecule has 94 valence electrons. The first kappa shape index (κ1) is 12.6. The fourth-order valence-corrected chi connectivity index (χ4v) is 3.05. The number of carbonyl (C=O) groups is 3. The molecule has 5 nitrogen and oxygen atoms in total. The van der Waals surface area contributed by atoms with Crippen LogP contribution < -0.4 is 4.74 Å². The maximum Gasteiger partial charge on any atom is 0.372 e. The van der Waals surface area contributed by atoms with E-state index in [1.165, 1.54) is 18.9 Å². The van der Waals surface area contributed by atoms with Crippen LogP contribution in [-0.2, 0) is 9.59 Å². The molecule has 1 N–H and O–H groups in total. The Morgan fingerprint density at radius 3 is 2.78 bits per heavy atom. The molecule has 0 saturated carbocycles. The zero-order valence-electron chi connectivity index (χ0n) is 9.50. The number of fused-ring (bicyclic) bond motifs is 1. The third-order valence-corrected chi connectivity index (χ3v) is 3.91. The summed E-state index contributed by atoms with van der Waals surface area (Å²) < 4.78 is 5.13. The van der Waals surface area contributed by atoms with Gasteiger partial charge in [-0.3, -0.25) is 9.59 Å². The lowest BCUT2D eigenvalue weighted by molar-refractivity contribution is -0.150. The summed E-state index contributed by atoms with van der Waals surface area (Å²) >= 11 is 1.27. The van der Waals surface area contributed by atoms with Crippen molar-refractivity contribution in [1.29, 1.82) is 0 Å². The summed E-state index contributed by atoms with van der Waals surface area (Å²) in [7, 11) is 1.50. The number of hydrogen-bond acceptors (Lipinski definition) is 5.